The lowest BCUT2D eigenvalue weighted by Gasteiger charge is -2.48. The van der Waals surface area contributed by atoms with Gasteiger partial charge in [-0.1, -0.05) is 48.5 Å². The maximum atomic E-state index is 13.3. The van der Waals surface area contributed by atoms with E-state index in [0.717, 1.165) is 11.1 Å². The first-order valence-electron chi connectivity index (χ1n) is 19.5. The standard InChI is InChI=1S/2C24H21F2NO3/c2*25-17-5-1-15(2-6-17)22(29)14-13-21-23(16-3-11-20(28)12-4-16)27(24(21)30)19-9-7-18(26)8-10-19/h2*1-12,21-23,28-29H,13-14H2/t21?,22-,23+;21?,22-,23-/m01/s1. The number of hydrogen-bond acceptors (Lipinski definition) is 6. The van der Waals surface area contributed by atoms with Crippen molar-refractivity contribution in [3.8, 4) is 11.5 Å². The number of carbonyl (C=O) groups is 2. The van der Waals surface area contributed by atoms with E-state index >= 15 is 0 Å². The molecule has 2 saturated heterocycles. The number of β-lactam (4-membered cyclic amide) rings is 2. The first kappa shape index (κ1) is 41.7. The Hall–Kier alpha value is -6.50. The minimum atomic E-state index is -0.807. The SMILES string of the molecule is O=C1C(CC[C@@H](O)c2ccc(F)cc2)[C@@H](c2ccc(O)cc2)N1c1ccc(F)cc1.O=C1C(CC[C@H](O)c2ccc(F)cc2)[C@@H](c2ccc(O)cc2)N1c1ccc(F)cc1. The van der Waals surface area contributed by atoms with Crippen LogP contribution in [0.1, 0.15) is 72.2 Å². The molecule has 2 heterocycles. The van der Waals surface area contributed by atoms with Crippen molar-refractivity contribution in [3.05, 3.63) is 191 Å². The quantitative estimate of drug-likeness (QED) is 0.0721. The number of amides is 2. The summed E-state index contributed by atoms with van der Waals surface area (Å²) in [5, 5.41) is 40.1. The molecule has 8 nitrogen and oxygen atoms in total. The van der Waals surface area contributed by atoms with E-state index in [1.54, 1.807) is 82.6 Å². The predicted octanol–water partition coefficient (Wildman–Crippen LogP) is 9.78. The van der Waals surface area contributed by atoms with Gasteiger partial charge in [0, 0.05) is 11.4 Å². The van der Waals surface area contributed by atoms with Crippen LogP contribution in [0.15, 0.2) is 146 Å². The molecule has 6 atom stereocenters. The van der Waals surface area contributed by atoms with E-state index in [0.29, 0.717) is 48.2 Å². The average Bonchev–Trinajstić information content (AvgIpc) is 3.24. The van der Waals surface area contributed by atoms with Crippen molar-refractivity contribution in [2.75, 3.05) is 9.80 Å². The molecule has 0 saturated carbocycles. The van der Waals surface area contributed by atoms with Gasteiger partial charge >= 0.3 is 0 Å². The molecule has 0 aromatic heterocycles. The molecule has 12 heteroatoms. The molecule has 308 valence electrons. The van der Waals surface area contributed by atoms with Crippen molar-refractivity contribution >= 4 is 23.2 Å². The van der Waals surface area contributed by atoms with Crippen LogP contribution in [0.4, 0.5) is 28.9 Å². The highest BCUT2D eigenvalue weighted by Gasteiger charge is 2.49. The number of anilines is 2. The summed E-state index contributed by atoms with van der Waals surface area (Å²) in [7, 11) is 0. The van der Waals surface area contributed by atoms with Crippen molar-refractivity contribution in [2.45, 2.75) is 50.0 Å². The van der Waals surface area contributed by atoms with E-state index in [1.807, 2.05) is 0 Å². The molecule has 0 bridgehead atoms. The zero-order chi connectivity index (χ0) is 42.5. The van der Waals surface area contributed by atoms with Crippen molar-refractivity contribution < 1.29 is 47.6 Å². The van der Waals surface area contributed by atoms with Crippen LogP contribution in [0, 0.1) is 35.1 Å². The van der Waals surface area contributed by atoms with E-state index in [-0.39, 0.29) is 70.5 Å². The molecule has 0 spiro atoms. The van der Waals surface area contributed by atoms with Crippen molar-refractivity contribution in [2.24, 2.45) is 11.8 Å². The number of halogens is 4. The van der Waals surface area contributed by atoms with Gasteiger partial charge in [0.15, 0.2) is 0 Å². The van der Waals surface area contributed by atoms with Gasteiger partial charge in [-0.15, -0.1) is 0 Å². The van der Waals surface area contributed by atoms with Crippen LogP contribution in [-0.4, -0.2) is 32.2 Å². The first-order chi connectivity index (χ1) is 28.9. The number of nitrogens with zero attached hydrogens (tertiary/aromatic N) is 2. The molecule has 2 aliphatic heterocycles. The summed E-state index contributed by atoms with van der Waals surface area (Å²) < 4.78 is 52.9. The fourth-order valence-electron chi connectivity index (χ4n) is 7.92. The zero-order valence-corrected chi connectivity index (χ0v) is 32.2. The van der Waals surface area contributed by atoms with Gasteiger partial charge in [-0.2, -0.15) is 0 Å². The van der Waals surface area contributed by atoms with Gasteiger partial charge in [-0.25, -0.2) is 17.6 Å². The number of aromatic hydroxyl groups is 2. The number of rotatable bonds is 12. The highest BCUT2D eigenvalue weighted by atomic mass is 19.1. The number of carbonyl (C=O) groups excluding carboxylic acids is 2. The summed E-state index contributed by atoms with van der Waals surface area (Å²) >= 11 is 0. The molecular weight excluding hydrogens is 777 g/mol. The number of aliphatic hydroxyl groups is 2. The Morgan fingerprint density at radius 3 is 1.02 bits per heavy atom. The van der Waals surface area contributed by atoms with E-state index in [2.05, 4.69) is 0 Å². The van der Waals surface area contributed by atoms with Gasteiger partial charge in [0.05, 0.1) is 36.1 Å². The minimum absolute atomic E-state index is 0.106. The van der Waals surface area contributed by atoms with Crippen molar-refractivity contribution in [1.82, 2.24) is 0 Å². The molecule has 6 aromatic carbocycles. The molecule has 6 aromatic rings. The van der Waals surface area contributed by atoms with Crippen LogP contribution >= 0.6 is 0 Å². The second-order valence-electron chi connectivity index (χ2n) is 14.9. The third kappa shape index (κ3) is 9.20. The van der Waals surface area contributed by atoms with Crippen molar-refractivity contribution in [3.63, 3.8) is 0 Å². The smallest absolute Gasteiger partial charge is 0.233 e. The summed E-state index contributed by atoms with van der Waals surface area (Å²) in [4.78, 5) is 29.1. The normalized spacial score (nSPS) is 19.4. The molecule has 2 amide bonds. The number of aliphatic hydroxyl groups excluding tert-OH is 2. The molecule has 8 rings (SSSR count). The number of phenolic OH excluding ortho intramolecular Hbond substituents is 2. The van der Waals surface area contributed by atoms with E-state index < -0.39 is 12.2 Å². The summed E-state index contributed by atoms with van der Waals surface area (Å²) in [5.41, 5.74) is 4.07. The molecule has 0 radical (unpaired) electrons. The third-order valence-electron chi connectivity index (χ3n) is 11.1. The maximum Gasteiger partial charge on any atom is 0.233 e. The Morgan fingerprint density at radius 1 is 0.433 bits per heavy atom. The summed E-state index contributed by atoms with van der Waals surface area (Å²) in [6.45, 7) is 0. The fraction of sp³-hybridized carbons (Fsp3) is 0.208. The van der Waals surface area contributed by atoms with Gasteiger partial charge in [0.25, 0.3) is 0 Å². The molecule has 2 fully saturated rings. The second kappa shape index (κ2) is 18.2. The fourth-order valence-corrected chi connectivity index (χ4v) is 7.92. The van der Waals surface area contributed by atoms with Crippen LogP contribution in [-0.2, 0) is 9.59 Å². The highest BCUT2D eigenvalue weighted by molar-refractivity contribution is 6.04. The number of hydrogen-bond donors (Lipinski definition) is 4. The van der Waals surface area contributed by atoms with Crippen LogP contribution < -0.4 is 9.80 Å². The largest absolute Gasteiger partial charge is 0.508 e. The van der Waals surface area contributed by atoms with E-state index in [1.165, 1.54) is 72.8 Å². The van der Waals surface area contributed by atoms with Gasteiger partial charge in [0.2, 0.25) is 11.8 Å². The molecule has 4 N–H and O–H groups in total. The van der Waals surface area contributed by atoms with Crippen LogP contribution in [0.2, 0.25) is 0 Å². The molecule has 60 heavy (non-hydrogen) atoms. The maximum absolute atomic E-state index is 13.3. The lowest BCUT2D eigenvalue weighted by Crippen LogP contribution is -2.55. The number of benzene rings is 6. The second-order valence-corrected chi connectivity index (χ2v) is 14.9. The Balaban J connectivity index is 0.000000181. The summed E-state index contributed by atoms with van der Waals surface area (Å²) in [5.74, 6) is -2.20. The first-order valence-corrected chi connectivity index (χ1v) is 19.5. The monoisotopic (exact) mass is 818 g/mol. The van der Waals surface area contributed by atoms with Gasteiger partial charge < -0.3 is 30.2 Å². The average molecular weight is 819 g/mol. The van der Waals surface area contributed by atoms with Gasteiger partial charge in [-0.3, -0.25) is 9.59 Å². The Labute approximate surface area is 344 Å². The molecule has 0 aliphatic carbocycles. The topological polar surface area (TPSA) is 122 Å². The van der Waals surface area contributed by atoms with E-state index in [4.69, 9.17) is 0 Å². The van der Waals surface area contributed by atoms with Gasteiger partial charge in [0.1, 0.15) is 34.8 Å². The predicted molar refractivity (Wildman–Crippen MR) is 218 cm³/mol. The molecule has 2 aliphatic rings. The molecule has 2 unspecified atom stereocenters. The Kier molecular flexibility index (Phi) is 12.6. The lowest BCUT2D eigenvalue weighted by molar-refractivity contribution is -0.131. The Bertz CT molecular complexity index is 2210. The van der Waals surface area contributed by atoms with Crippen LogP contribution in [0.5, 0.6) is 11.5 Å². The van der Waals surface area contributed by atoms with Crippen LogP contribution in [0.3, 0.4) is 0 Å². The third-order valence-corrected chi connectivity index (χ3v) is 11.1. The molecular formula is C48H42F4N2O6. The van der Waals surface area contributed by atoms with Crippen LogP contribution in [0.25, 0.3) is 0 Å². The van der Waals surface area contributed by atoms with Crippen molar-refractivity contribution in [1.29, 1.82) is 0 Å². The minimum Gasteiger partial charge on any atom is -0.508 e. The summed E-state index contributed by atoms with van der Waals surface area (Å²) in [6, 6.07) is 35.5. The lowest BCUT2D eigenvalue weighted by atomic mass is 9.78. The summed E-state index contributed by atoms with van der Waals surface area (Å²) in [6.07, 6.45) is -0.0688. The number of phenols is 2. The highest BCUT2D eigenvalue weighted by Crippen LogP contribution is 2.48. The van der Waals surface area contributed by atoms with Gasteiger partial charge in [-0.05, 0) is 145 Å². The zero-order valence-electron chi connectivity index (χ0n) is 32.2. The van der Waals surface area contributed by atoms with E-state index in [9.17, 15) is 47.6 Å². The Morgan fingerprint density at radius 2 is 0.717 bits per heavy atom.